The Balaban J connectivity index is 2.07. The summed E-state index contributed by atoms with van der Waals surface area (Å²) in [5, 5.41) is 10.6. The van der Waals surface area contributed by atoms with Crippen molar-refractivity contribution in [1.29, 1.82) is 0 Å². The molecule has 28 heavy (non-hydrogen) atoms. The lowest BCUT2D eigenvalue weighted by molar-refractivity contribution is -0.130. The second-order valence-electron chi connectivity index (χ2n) is 7.38. The summed E-state index contributed by atoms with van der Waals surface area (Å²) in [5.41, 5.74) is 2.86. The number of aliphatic hydroxyl groups excluding tert-OH is 1. The van der Waals surface area contributed by atoms with Gasteiger partial charge in [-0.1, -0.05) is 55.8 Å². The highest BCUT2D eigenvalue weighted by Crippen LogP contribution is 2.40. The first-order valence-corrected chi connectivity index (χ1v) is 9.31. The molecule has 1 unspecified atom stereocenters. The van der Waals surface area contributed by atoms with E-state index in [9.17, 15) is 14.7 Å². The Bertz CT molecular complexity index is 945. The molecule has 146 valence electrons. The second kappa shape index (κ2) is 7.89. The molecule has 3 rings (SSSR count). The van der Waals surface area contributed by atoms with Gasteiger partial charge in [0.05, 0.1) is 18.7 Å². The van der Waals surface area contributed by atoms with E-state index in [0.29, 0.717) is 5.75 Å². The van der Waals surface area contributed by atoms with Crippen molar-refractivity contribution in [3.8, 4) is 5.75 Å². The standard InChI is InChI=1S/C23H25NO4/c1-14(2)21(25)19-20(17-9-5-7-15(3)11-17)24(23(27)22(19)26)13-16-8-6-10-18(12-16)28-4/h5-12,14,20,26H,13H2,1-4H3. The third kappa shape index (κ3) is 3.65. The number of ether oxygens (including phenoxy) is 1. The summed E-state index contributed by atoms with van der Waals surface area (Å²) in [7, 11) is 1.59. The van der Waals surface area contributed by atoms with Crippen LogP contribution in [0, 0.1) is 12.8 Å². The number of aryl methyl sites for hydroxylation is 1. The number of nitrogens with zero attached hydrogens (tertiary/aromatic N) is 1. The average molecular weight is 379 g/mol. The van der Waals surface area contributed by atoms with Gasteiger partial charge in [0, 0.05) is 12.5 Å². The summed E-state index contributed by atoms with van der Waals surface area (Å²) in [4.78, 5) is 27.3. The van der Waals surface area contributed by atoms with Crippen LogP contribution in [0.5, 0.6) is 5.75 Å². The van der Waals surface area contributed by atoms with Crippen LogP contribution in [0.25, 0.3) is 0 Å². The molecule has 1 amide bonds. The highest BCUT2D eigenvalue weighted by Gasteiger charge is 2.43. The SMILES string of the molecule is COc1cccc(CN2C(=O)C(O)=C(C(=O)C(C)C)C2c2cccc(C)c2)c1. The molecule has 1 heterocycles. The molecule has 0 saturated heterocycles. The molecule has 1 aliphatic rings. The molecule has 2 aromatic carbocycles. The fraction of sp³-hybridized carbons (Fsp3) is 0.304. The minimum Gasteiger partial charge on any atom is -0.503 e. The Labute approximate surface area is 165 Å². The normalized spacial score (nSPS) is 16.8. The van der Waals surface area contributed by atoms with Crippen LogP contribution in [0.2, 0.25) is 0 Å². The summed E-state index contributed by atoms with van der Waals surface area (Å²) in [5.74, 6) is -0.835. The largest absolute Gasteiger partial charge is 0.503 e. The number of methoxy groups -OCH3 is 1. The zero-order chi connectivity index (χ0) is 20.4. The molecular formula is C23H25NO4. The highest BCUT2D eigenvalue weighted by molar-refractivity contribution is 6.09. The fourth-order valence-corrected chi connectivity index (χ4v) is 3.53. The third-order valence-corrected chi connectivity index (χ3v) is 4.94. The van der Waals surface area contributed by atoms with E-state index in [4.69, 9.17) is 4.74 Å². The summed E-state index contributed by atoms with van der Waals surface area (Å²) in [6.07, 6.45) is 0. The van der Waals surface area contributed by atoms with E-state index in [0.717, 1.165) is 16.7 Å². The molecule has 0 saturated carbocycles. The fourth-order valence-electron chi connectivity index (χ4n) is 3.53. The first-order valence-electron chi connectivity index (χ1n) is 9.31. The zero-order valence-electron chi connectivity index (χ0n) is 16.6. The van der Waals surface area contributed by atoms with Gasteiger partial charge in [0.15, 0.2) is 11.5 Å². The number of benzene rings is 2. The predicted octanol–water partition coefficient (Wildman–Crippen LogP) is 4.12. The van der Waals surface area contributed by atoms with E-state index in [1.807, 2.05) is 55.5 Å². The smallest absolute Gasteiger partial charge is 0.290 e. The second-order valence-corrected chi connectivity index (χ2v) is 7.38. The van der Waals surface area contributed by atoms with Crippen molar-refractivity contribution in [3.63, 3.8) is 0 Å². The summed E-state index contributed by atoms with van der Waals surface area (Å²) in [6.45, 7) is 5.75. The minimum absolute atomic E-state index is 0.175. The Morgan fingerprint density at radius 3 is 2.54 bits per heavy atom. The molecule has 0 radical (unpaired) electrons. The number of Topliss-reactive ketones (excluding diaryl/α,β-unsaturated/α-hetero) is 1. The monoisotopic (exact) mass is 379 g/mol. The Morgan fingerprint density at radius 1 is 1.18 bits per heavy atom. The topological polar surface area (TPSA) is 66.8 Å². The quantitative estimate of drug-likeness (QED) is 0.820. The number of rotatable bonds is 6. The van der Waals surface area contributed by atoms with Crippen LogP contribution in [0.3, 0.4) is 0 Å². The summed E-state index contributed by atoms with van der Waals surface area (Å²) in [6, 6.07) is 14.5. The van der Waals surface area contributed by atoms with Crippen molar-refractivity contribution < 1.29 is 19.4 Å². The maximum Gasteiger partial charge on any atom is 0.290 e. The Morgan fingerprint density at radius 2 is 1.89 bits per heavy atom. The first-order chi connectivity index (χ1) is 13.3. The van der Waals surface area contributed by atoms with Crippen molar-refractivity contribution in [2.75, 3.05) is 7.11 Å². The van der Waals surface area contributed by atoms with E-state index in [1.165, 1.54) is 0 Å². The molecule has 1 atom stereocenters. The number of ketones is 1. The van der Waals surface area contributed by atoms with Crippen LogP contribution in [0.15, 0.2) is 59.9 Å². The third-order valence-electron chi connectivity index (χ3n) is 4.94. The molecule has 0 aromatic heterocycles. The van der Waals surface area contributed by atoms with Crippen LogP contribution < -0.4 is 4.74 Å². The van der Waals surface area contributed by atoms with Gasteiger partial charge in [0.1, 0.15) is 5.75 Å². The minimum atomic E-state index is -0.617. The van der Waals surface area contributed by atoms with Crippen molar-refractivity contribution in [2.24, 2.45) is 5.92 Å². The Kier molecular flexibility index (Phi) is 5.54. The van der Waals surface area contributed by atoms with Crippen LogP contribution in [-0.2, 0) is 16.1 Å². The maximum absolute atomic E-state index is 12.9. The molecular weight excluding hydrogens is 354 g/mol. The Hall–Kier alpha value is -3.08. The van der Waals surface area contributed by atoms with Gasteiger partial charge in [-0.15, -0.1) is 0 Å². The van der Waals surface area contributed by atoms with Gasteiger partial charge in [-0.05, 0) is 30.2 Å². The predicted molar refractivity (Wildman–Crippen MR) is 107 cm³/mol. The molecule has 0 bridgehead atoms. The number of aliphatic hydroxyl groups is 1. The first kappa shape index (κ1) is 19.7. The molecule has 0 spiro atoms. The van der Waals surface area contributed by atoms with E-state index in [1.54, 1.807) is 25.9 Å². The highest BCUT2D eigenvalue weighted by atomic mass is 16.5. The lowest BCUT2D eigenvalue weighted by Crippen LogP contribution is -2.31. The number of amides is 1. The van der Waals surface area contributed by atoms with E-state index >= 15 is 0 Å². The lowest BCUT2D eigenvalue weighted by atomic mass is 9.90. The summed E-state index contributed by atoms with van der Waals surface area (Å²) >= 11 is 0. The van der Waals surface area contributed by atoms with Gasteiger partial charge in [-0.25, -0.2) is 0 Å². The van der Waals surface area contributed by atoms with Gasteiger partial charge < -0.3 is 14.7 Å². The van der Waals surface area contributed by atoms with Crippen molar-refractivity contribution in [1.82, 2.24) is 4.90 Å². The van der Waals surface area contributed by atoms with Crippen LogP contribution >= 0.6 is 0 Å². The van der Waals surface area contributed by atoms with Gasteiger partial charge in [0.25, 0.3) is 5.91 Å². The van der Waals surface area contributed by atoms with Crippen LogP contribution in [-0.4, -0.2) is 28.8 Å². The number of hydrogen-bond donors (Lipinski definition) is 1. The zero-order valence-corrected chi connectivity index (χ0v) is 16.6. The molecule has 1 aliphatic heterocycles. The lowest BCUT2D eigenvalue weighted by Gasteiger charge is -2.27. The van der Waals surface area contributed by atoms with Gasteiger partial charge in [-0.2, -0.15) is 0 Å². The maximum atomic E-state index is 12.9. The molecule has 0 fully saturated rings. The number of carbonyl (C=O) groups is 2. The number of carbonyl (C=O) groups excluding carboxylic acids is 2. The van der Waals surface area contributed by atoms with Crippen molar-refractivity contribution in [2.45, 2.75) is 33.4 Å². The average Bonchev–Trinajstić information content (AvgIpc) is 2.92. The summed E-state index contributed by atoms with van der Waals surface area (Å²) < 4.78 is 5.27. The number of hydrogen-bond acceptors (Lipinski definition) is 4. The molecule has 5 nitrogen and oxygen atoms in total. The molecule has 1 N–H and O–H groups in total. The van der Waals surface area contributed by atoms with Crippen LogP contribution in [0.1, 0.15) is 36.6 Å². The van der Waals surface area contributed by atoms with E-state index in [2.05, 4.69) is 0 Å². The van der Waals surface area contributed by atoms with Gasteiger partial charge >= 0.3 is 0 Å². The molecule has 0 aliphatic carbocycles. The van der Waals surface area contributed by atoms with Crippen LogP contribution in [0.4, 0.5) is 0 Å². The van der Waals surface area contributed by atoms with Gasteiger partial charge in [0.2, 0.25) is 0 Å². The van der Waals surface area contributed by atoms with Crippen molar-refractivity contribution in [3.05, 3.63) is 76.6 Å². The molecule has 5 heteroatoms. The molecule has 2 aromatic rings. The van der Waals surface area contributed by atoms with E-state index in [-0.39, 0.29) is 23.8 Å². The van der Waals surface area contributed by atoms with E-state index < -0.39 is 17.7 Å². The van der Waals surface area contributed by atoms with Crippen molar-refractivity contribution >= 4 is 11.7 Å². The van der Waals surface area contributed by atoms with Gasteiger partial charge in [-0.3, -0.25) is 9.59 Å².